The smallest absolute Gasteiger partial charge is 0.386 e. The molecule has 3 aromatic rings. The van der Waals surface area contributed by atoms with Gasteiger partial charge in [-0.2, -0.15) is 13.2 Å². The van der Waals surface area contributed by atoms with Crippen molar-refractivity contribution < 1.29 is 13.2 Å². The topological polar surface area (TPSA) is 96.6 Å². The van der Waals surface area contributed by atoms with E-state index in [4.69, 9.17) is 0 Å². The standard InChI is InChI=1S/C32H38F3N7O/c1-10-28(30(32(33,34)35)39-18(2)3)41-21(6)25-11-19(4)12-27-26(25)13-29(42(9)31(27)43)24(14-36-8)16-37-15-23-17-38-22(7)40-20(23)5/h10-14,16-17,21,37,41H,1,15H2,2-9H3/b24-16+,30-28+,36-14?/t21-/m1/s1. The van der Waals surface area contributed by atoms with Crippen LogP contribution in [0.3, 0.4) is 0 Å². The molecule has 11 heteroatoms. The highest BCUT2D eigenvalue weighted by Crippen LogP contribution is 2.32. The molecule has 228 valence electrons. The molecule has 0 amide bonds. The number of pyridine rings is 1. The Balaban J connectivity index is 2.15. The van der Waals surface area contributed by atoms with Gasteiger partial charge in [0.15, 0.2) is 5.70 Å². The zero-order valence-electron chi connectivity index (χ0n) is 25.8. The largest absolute Gasteiger partial charge is 0.435 e. The van der Waals surface area contributed by atoms with Gasteiger partial charge in [-0.25, -0.2) is 9.97 Å². The van der Waals surface area contributed by atoms with E-state index >= 15 is 0 Å². The van der Waals surface area contributed by atoms with E-state index in [2.05, 4.69) is 37.2 Å². The van der Waals surface area contributed by atoms with Crippen molar-refractivity contribution in [2.24, 2.45) is 17.0 Å². The molecule has 8 nitrogen and oxygen atoms in total. The molecule has 0 spiro atoms. The third-order valence-electron chi connectivity index (χ3n) is 6.75. The lowest BCUT2D eigenvalue weighted by Gasteiger charge is -2.22. The van der Waals surface area contributed by atoms with Crippen LogP contribution < -0.4 is 16.2 Å². The third-order valence-corrected chi connectivity index (χ3v) is 6.75. The normalized spacial score (nSPS) is 13.6. The minimum atomic E-state index is -4.69. The summed E-state index contributed by atoms with van der Waals surface area (Å²) >= 11 is 0. The van der Waals surface area contributed by atoms with Gasteiger partial charge in [0.1, 0.15) is 5.82 Å². The molecular weight excluding hydrogens is 555 g/mol. The van der Waals surface area contributed by atoms with Crippen LogP contribution in [0.5, 0.6) is 0 Å². The Labute approximate surface area is 249 Å². The molecule has 0 aliphatic rings. The minimum Gasteiger partial charge on any atom is -0.386 e. The number of alkyl halides is 3. The quantitative estimate of drug-likeness (QED) is 0.216. The summed E-state index contributed by atoms with van der Waals surface area (Å²) in [5.41, 5.74) is 3.15. The Bertz CT molecular complexity index is 1710. The van der Waals surface area contributed by atoms with Crippen LogP contribution in [0.4, 0.5) is 13.2 Å². The molecule has 0 fully saturated rings. The van der Waals surface area contributed by atoms with Gasteiger partial charge in [-0.3, -0.25) is 14.8 Å². The highest BCUT2D eigenvalue weighted by atomic mass is 19.4. The van der Waals surface area contributed by atoms with E-state index in [-0.39, 0.29) is 17.0 Å². The third kappa shape index (κ3) is 7.85. The van der Waals surface area contributed by atoms with E-state index in [1.807, 2.05) is 32.9 Å². The molecule has 0 bridgehead atoms. The number of benzene rings is 1. The maximum atomic E-state index is 13.9. The number of halogens is 3. The van der Waals surface area contributed by atoms with Crippen molar-refractivity contribution in [3.8, 4) is 0 Å². The number of aromatic nitrogens is 3. The zero-order valence-corrected chi connectivity index (χ0v) is 25.8. The number of aliphatic imine (C=N–C) groups is 2. The Morgan fingerprint density at radius 3 is 2.44 bits per heavy atom. The van der Waals surface area contributed by atoms with Crippen LogP contribution >= 0.6 is 0 Å². The van der Waals surface area contributed by atoms with Gasteiger partial charge in [-0.05, 0) is 76.3 Å². The van der Waals surface area contributed by atoms with Gasteiger partial charge in [0, 0.05) is 73.2 Å². The summed E-state index contributed by atoms with van der Waals surface area (Å²) < 4.78 is 43.3. The molecule has 1 atom stereocenters. The van der Waals surface area contributed by atoms with Gasteiger partial charge in [0.05, 0.1) is 11.4 Å². The molecule has 0 aliphatic carbocycles. The van der Waals surface area contributed by atoms with Crippen molar-refractivity contribution in [1.29, 1.82) is 0 Å². The van der Waals surface area contributed by atoms with E-state index < -0.39 is 17.9 Å². The van der Waals surface area contributed by atoms with Crippen molar-refractivity contribution in [3.05, 3.63) is 98.9 Å². The molecule has 0 aliphatic heterocycles. The first kappa shape index (κ1) is 33.0. The Morgan fingerprint density at radius 2 is 1.86 bits per heavy atom. The second kappa shape index (κ2) is 13.6. The number of hydrogen-bond donors (Lipinski definition) is 2. The molecule has 0 radical (unpaired) electrons. The van der Waals surface area contributed by atoms with E-state index in [9.17, 15) is 18.0 Å². The summed E-state index contributed by atoms with van der Waals surface area (Å²) in [7, 11) is 3.31. The van der Waals surface area contributed by atoms with E-state index in [1.54, 1.807) is 45.7 Å². The van der Waals surface area contributed by atoms with Gasteiger partial charge in [-0.15, -0.1) is 0 Å². The van der Waals surface area contributed by atoms with E-state index in [0.717, 1.165) is 22.9 Å². The van der Waals surface area contributed by atoms with E-state index in [1.165, 1.54) is 18.4 Å². The summed E-state index contributed by atoms with van der Waals surface area (Å²) in [6.45, 7) is 14.4. The lowest BCUT2D eigenvalue weighted by Crippen LogP contribution is -2.25. The number of hydrogen-bond acceptors (Lipinski definition) is 7. The monoisotopic (exact) mass is 593 g/mol. The number of aryl methyl sites for hydroxylation is 3. The van der Waals surface area contributed by atoms with Gasteiger partial charge in [0.25, 0.3) is 5.56 Å². The molecule has 2 aromatic heterocycles. The fourth-order valence-corrected chi connectivity index (χ4v) is 4.73. The molecule has 0 saturated heterocycles. The highest BCUT2D eigenvalue weighted by Gasteiger charge is 2.36. The van der Waals surface area contributed by atoms with Crippen LogP contribution in [0.25, 0.3) is 16.3 Å². The fourth-order valence-electron chi connectivity index (χ4n) is 4.73. The average Bonchev–Trinajstić information content (AvgIpc) is 2.92. The highest BCUT2D eigenvalue weighted by molar-refractivity contribution is 6.10. The molecule has 0 saturated carbocycles. The molecule has 2 heterocycles. The van der Waals surface area contributed by atoms with E-state index in [0.29, 0.717) is 40.0 Å². The first-order chi connectivity index (χ1) is 20.2. The predicted octanol–water partition coefficient (Wildman–Crippen LogP) is 6.18. The minimum absolute atomic E-state index is 0.246. The van der Waals surface area contributed by atoms with Crippen LogP contribution in [0.15, 0.2) is 69.4 Å². The zero-order chi connectivity index (χ0) is 32.1. The number of fused-ring (bicyclic) bond motifs is 1. The first-order valence-electron chi connectivity index (χ1n) is 13.7. The Hall–Kier alpha value is -4.54. The molecule has 2 N–H and O–H groups in total. The Kier molecular flexibility index (Phi) is 10.4. The summed E-state index contributed by atoms with van der Waals surface area (Å²) in [6, 6.07) is 4.87. The summed E-state index contributed by atoms with van der Waals surface area (Å²) in [5, 5.41) is 7.26. The molecular formula is C32H38F3N7O. The Morgan fingerprint density at radius 1 is 1.16 bits per heavy atom. The second-order valence-electron chi connectivity index (χ2n) is 10.5. The van der Waals surface area contributed by atoms with Crippen LogP contribution in [0, 0.1) is 20.8 Å². The number of nitrogens with one attached hydrogen (secondary N) is 2. The SMILES string of the molecule is C=C/C(N[C@H](C)c1cc(C)cc2c(=O)n(C)c(/C(C=NC)=C/NCc3cnc(C)nc3C)cc12)=C(\N=C(C)C)C(F)(F)F. The lowest BCUT2D eigenvalue weighted by molar-refractivity contribution is -0.0933. The van der Waals surface area contributed by atoms with Crippen LogP contribution in [-0.4, -0.2) is 39.7 Å². The lowest BCUT2D eigenvalue weighted by atomic mass is 9.96. The molecule has 3 rings (SSSR count). The van der Waals surface area contributed by atoms with Crippen molar-refractivity contribution in [3.63, 3.8) is 0 Å². The van der Waals surface area contributed by atoms with Gasteiger partial charge in [-0.1, -0.05) is 12.6 Å². The molecule has 43 heavy (non-hydrogen) atoms. The fraction of sp³-hybridized carbons (Fsp3) is 0.344. The summed E-state index contributed by atoms with van der Waals surface area (Å²) in [6.07, 6.45) is 1.59. The van der Waals surface area contributed by atoms with Crippen molar-refractivity contribution >= 4 is 28.3 Å². The number of rotatable bonds is 10. The molecule has 1 aromatic carbocycles. The first-order valence-corrected chi connectivity index (χ1v) is 13.7. The van der Waals surface area contributed by atoms with Crippen molar-refractivity contribution in [2.75, 3.05) is 7.05 Å². The van der Waals surface area contributed by atoms with Crippen LogP contribution in [-0.2, 0) is 13.6 Å². The van der Waals surface area contributed by atoms with Crippen LogP contribution in [0.2, 0.25) is 0 Å². The van der Waals surface area contributed by atoms with Crippen molar-refractivity contribution in [1.82, 2.24) is 25.2 Å². The predicted molar refractivity (Wildman–Crippen MR) is 168 cm³/mol. The number of allylic oxidation sites excluding steroid dienone is 3. The number of nitrogens with zero attached hydrogens (tertiary/aromatic N) is 5. The maximum absolute atomic E-state index is 13.9. The van der Waals surface area contributed by atoms with Gasteiger partial charge in [0.2, 0.25) is 0 Å². The maximum Gasteiger partial charge on any atom is 0.435 e. The van der Waals surface area contributed by atoms with Gasteiger partial charge < -0.3 is 15.2 Å². The average molecular weight is 594 g/mol. The molecule has 0 unspecified atom stereocenters. The summed E-state index contributed by atoms with van der Waals surface area (Å²) in [4.78, 5) is 30.2. The van der Waals surface area contributed by atoms with Crippen molar-refractivity contribution in [2.45, 2.75) is 60.3 Å². The van der Waals surface area contributed by atoms with Gasteiger partial charge >= 0.3 is 6.18 Å². The summed E-state index contributed by atoms with van der Waals surface area (Å²) in [5.74, 6) is 0.690. The second-order valence-corrected chi connectivity index (χ2v) is 10.5. The van der Waals surface area contributed by atoms with Crippen LogP contribution in [0.1, 0.15) is 60.7 Å².